The van der Waals surface area contributed by atoms with Gasteiger partial charge in [0, 0.05) is 27.9 Å². The third kappa shape index (κ3) is 2.30. The summed E-state index contributed by atoms with van der Waals surface area (Å²) in [6.07, 6.45) is 1.79. The Labute approximate surface area is 119 Å². The van der Waals surface area contributed by atoms with Gasteiger partial charge in [-0.3, -0.25) is 0 Å². The molecule has 1 aromatic rings. The minimum atomic E-state index is 0.969. The summed E-state index contributed by atoms with van der Waals surface area (Å²) in [5.74, 6) is 0. The van der Waals surface area contributed by atoms with E-state index in [2.05, 4.69) is 86.2 Å². The van der Waals surface area contributed by atoms with Crippen LogP contribution in [0.5, 0.6) is 0 Å². The van der Waals surface area contributed by atoms with E-state index in [1.807, 2.05) is 0 Å². The Morgan fingerprint density at radius 2 is 1.00 bits per heavy atom. The molecule has 1 rings (SSSR count). The van der Waals surface area contributed by atoms with Crippen molar-refractivity contribution in [2.24, 2.45) is 0 Å². The second kappa shape index (κ2) is 4.92. The average molecular weight is 499 g/mol. The lowest BCUT2D eigenvalue weighted by molar-refractivity contribution is 1.43. The standard InChI is InChI=1S/C8H3Br5/c1-2-3-4(9)6(11)8(13)7(12)5(3)10/h2H,1H2. The molecule has 0 bridgehead atoms. The van der Waals surface area contributed by atoms with E-state index in [1.54, 1.807) is 6.08 Å². The third-order valence-corrected chi connectivity index (χ3v) is 7.60. The summed E-state index contributed by atoms with van der Waals surface area (Å²) in [7, 11) is 0. The minimum absolute atomic E-state index is 0.969. The SMILES string of the molecule is C=Cc1c(Br)c(Br)c(Br)c(Br)c1Br. The van der Waals surface area contributed by atoms with Crippen molar-refractivity contribution < 1.29 is 0 Å². The van der Waals surface area contributed by atoms with Crippen molar-refractivity contribution in [3.05, 3.63) is 34.5 Å². The zero-order valence-electron chi connectivity index (χ0n) is 6.17. The highest BCUT2D eigenvalue weighted by atomic mass is 79.9. The maximum absolute atomic E-state index is 3.75. The summed E-state index contributed by atoms with van der Waals surface area (Å²) in [6, 6.07) is 0. The van der Waals surface area contributed by atoms with E-state index in [4.69, 9.17) is 0 Å². The second-order valence-electron chi connectivity index (χ2n) is 2.19. The molecule has 0 saturated heterocycles. The van der Waals surface area contributed by atoms with E-state index in [0.29, 0.717) is 0 Å². The van der Waals surface area contributed by atoms with Crippen LogP contribution >= 0.6 is 79.6 Å². The Bertz CT molecular complexity index is 340. The summed E-state index contributed by atoms with van der Waals surface area (Å²) in [6.45, 7) is 3.75. The molecule has 0 fully saturated rings. The van der Waals surface area contributed by atoms with Gasteiger partial charge in [0.25, 0.3) is 0 Å². The molecule has 0 radical (unpaired) electrons. The third-order valence-electron chi connectivity index (χ3n) is 1.45. The highest BCUT2D eigenvalue weighted by Gasteiger charge is 2.14. The Kier molecular flexibility index (Phi) is 4.71. The molecule has 5 heteroatoms. The maximum atomic E-state index is 3.75. The lowest BCUT2D eigenvalue weighted by Gasteiger charge is -2.09. The molecule has 0 heterocycles. The van der Waals surface area contributed by atoms with E-state index >= 15 is 0 Å². The smallest absolute Gasteiger partial charge is 0.0482 e. The first kappa shape index (κ1) is 12.4. The zero-order chi connectivity index (χ0) is 10.2. The predicted octanol–water partition coefficient (Wildman–Crippen LogP) is 6.14. The van der Waals surface area contributed by atoms with Crippen LogP contribution in [0.4, 0.5) is 0 Å². The van der Waals surface area contributed by atoms with Gasteiger partial charge in [0.1, 0.15) is 0 Å². The first-order chi connectivity index (χ1) is 6.00. The minimum Gasteiger partial charge on any atom is -0.0984 e. The van der Waals surface area contributed by atoms with Crippen molar-refractivity contribution in [1.29, 1.82) is 0 Å². The van der Waals surface area contributed by atoms with Crippen molar-refractivity contribution >= 4 is 85.7 Å². The van der Waals surface area contributed by atoms with Crippen molar-refractivity contribution in [2.75, 3.05) is 0 Å². The first-order valence-electron chi connectivity index (χ1n) is 3.14. The summed E-state index contributed by atoms with van der Waals surface area (Å²) < 4.78 is 4.86. The van der Waals surface area contributed by atoms with Gasteiger partial charge in [-0.05, 0) is 79.6 Å². The van der Waals surface area contributed by atoms with Gasteiger partial charge in [0.15, 0.2) is 0 Å². The molecule has 0 aliphatic rings. The van der Waals surface area contributed by atoms with Gasteiger partial charge in [-0.2, -0.15) is 0 Å². The quantitative estimate of drug-likeness (QED) is 0.322. The Morgan fingerprint density at radius 1 is 0.692 bits per heavy atom. The van der Waals surface area contributed by atoms with Crippen LogP contribution in [-0.2, 0) is 0 Å². The fraction of sp³-hybridized carbons (Fsp3) is 0. The number of benzene rings is 1. The van der Waals surface area contributed by atoms with Crippen molar-refractivity contribution in [3.63, 3.8) is 0 Å². The first-order valence-corrected chi connectivity index (χ1v) is 7.11. The molecule has 0 amide bonds. The number of halogens is 5. The van der Waals surface area contributed by atoms with Gasteiger partial charge < -0.3 is 0 Å². The summed E-state index contributed by atoms with van der Waals surface area (Å²) in [5.41, 5.74) is 1.02. The Morgan fingerprint density at radius 3 is 1.31 bits per heavy atom. The topological polar surface area (TPSA) is 0 Å². The van der Waals surface area contributed by atoms with Crippen LogP contribution in [0.2, 0.25) is 0 Å². The fourth-order valence-corrected chi connectivity index (χ4v) is 4.20. The van der Waals surface area contributed by atoms with Gasteiger partial charge in [-0.25, -0.2) is 0 Å². The van der Waals surface area contributed by atoms with Crippen LogP contribution in [-0.4, -0.2) is 0 Å². The summed E-state index contributed by atoms with van der Waals surface area (Å²) in [5, 5.41) is 0. The normalized spacial score (nSPS) is 10.2. The second-order valence-corrected chi connectivity index (χ2v) is 6.15. The summed E-state index contributed by atoms with van der Waals surface area (Å²) >= 11 is 17.3. The monoisotopic (exact) mass is 494 g/mol. The number of hydrogen-bond acceptors (Lipinski definition) is 0. The molecule has 0 nitrogen and oxygen atoms in total. The lowest BCUT2D eigenvalue weighted by Crippen LogP contribution is -1.85. The molecular weight excluding hydrogens is 496 g/mol. The Hall–Kier alpha value is 1.36. The van der Waals surface area contributed by atoms with Gasteiger partial charge in [-0.1, -0.05) is 12.7 Å². The summed E-state index contributed by atoms with van der Waals surface area (Å²) in [4.78, 5) is 0. The molecule has 0 aromatic heterocycles. The molecule has 0 unspecified atom stereocenters. The molecule has 0 N–H and O–H groups in total. The number of rotatable bonds is 1. The van der Waals surface area contributed by atoms with E-state index in [0.717, 1.165) is 27.9 Å². The van der Waals surface area contributed by atoms with Crippen LogP contribution in [0.25, 0.3) is 6.08 Å². The van der Waals surface area contributed by atoms with E-state index in [1.165, 1.54) is 0 Å². The van der Waals surface area contributed by atoms with Gasteiger partial charge >= 0.3 is 0 Å². The van der Waals surface area contributed by atoms with Gasteiger partial charge in [0.2, 0.25) is 0 Å². The van der Waals surface area contributed by atoms with Crippen LogP contribution < -0.4 is 0 Å². The molecule has 70 valence electrons. The molecule has 0 atom stereocenters. The van der Waals surface area contributed by atoms with E-state index in [-0.39, 0.29) is 0 Å². The Balaban J connectivity index is 3.66. The average Bonchev–Trinajstić information content (AvgIpc) is 2.13. The van der Waals surface area contributed by atoms with Crippen molar-refractivity contribution in [1.82, 2.24) is 0 Å². The highest BCUT2D eigenvalue weighted by Crippen LogP contribution is 2.44. The molecule has 0 aliphatic heterocycles. The number of hydrogen-bond donors (Lipinski definition) is 0. The molecule has 13 heavy (non-hydrogen) atoms. The lowest BCUT2D eigenvalue weighted by atomic mass is 10.2. The molecule has 0 saturated carbocycles. The molecule has 1 aromatic carbocycles. The molecular formula is C8H3Br5. The van der Waals surface area contributed by atoms with Crippen LogP contribution in [0.15, 0.2) is 28.9 Å². The van der Waals surface area contributed by atoms with E-state index < -0.39 is 0 Å². The van der Waals surface area contributed by atoms with Gasteiger partial charge in [-0.15, -0.1) is 0 Å². The van der Waals surface area contributed by atoms with Crippen molar-refractivity contribution in [3.8, 4) is 0 Å². The van der Waals surface area contributed by atoms with E-state index in [9.17, 15) is 0 Å². The fourth-order valence-electron chi connectivity index (χ4n) is 0.801. The predicted molar refractivity (Wildman–Crippen MR) is 75.0 cm³/mol. The maximum Gasteiger partial charge on any atom is 0.0482 e. The van der Waals surface area contributed by atoms with Crippen LogP contribution in [0.3, 0.4) is 0 Å². The van der Waals surface area contributed by atoms with Crippen LogP contribution in [0.1, 0.15) is 5.56 Å². The molecule has 0 spiro atoms. The van der Waals surface area contributed by atoms with Crippen molar-refractivity contribution in [2.45, 2.75) is 0 Å². The van der Waals surface area contributed by atoms with Gasteiger partial charge in [0.05, 0.1) is 0 Å². The largest absolute Gasteiger partial charge is 0.0984 e. The highest BCUT2D eigenvalue weighted by molar-refractivity contribution is 9.15. The zero-order valence-corrected chi connectivity index (χ0v) is 14.1. The molecule has 0 aliphatic carbocycles. The van der Waals surface area contributed by atoms with Crippen LogP contribution in [0, 0.1) is 0 Å².